The quantitative estimate of drug-likeness (QED) is 0.627. The second-order valence-electron chi connectivity index (χ2n) is 4.00. The van der Waals surface area contributed by atoms with Crippen molar-refractivity contribution in [3.8, 4) is 0 Å². The maximum absolute atomic E-state index is 10.8. The first-order valence-electron chi connectivity index (χ1n) is 4.47. The van der Waals surface area contributed by atoms with Crippen molar-refractivity contribution in [2.45, 2.75) is 38.5 Å². The van der Waals surface area contributed by atoms with Crippen LogP contribution in [0.3, 0.4) is 0 Å². The second-order valence-corrected chi connectivity index (χ2v) is 4.00. The van der Waals surface area contributed by atoms with Crippen molar-refractivity contribution in [3.63, 3.8) is 0 Å². The third-order valence-corrected chi connectivity index (χ3v) is 3.55. The van der Waals surface area contributed by atoms with E-state index in [1.165, 1.54) is 25.7 Å². The molecular formula is C9H14O2. The van der Waals surface area contributed by atoms with Crippen LogP contribution < -0.4 is 0 Å². The van der Waals surface area contributed by atoms with Crippen LogP contribution in [0, 0.1) is 11.3 Å². The zero-order valence-corrected chi connectivity index (χ0v) is 6.68. The zero-order chi connectivity index (χ0) is 7.90. The van der Waals surface area contributed by atoms with Crippen molar-refractivity contribution >= 4 is 5.97 Å². The Morgan fingerprint density at radius 3 is 2.27 bits per heavy atom. The van der Waals surface area contributed by atoms with Gasteiger partial charge in [0.25, 0.3) is 0 Å². The molecule has 2 aliphatic carbocycles. The van der Waals surface area contributed by atoms with Gasteiger partial charge in [0.2, 0.25) is 0 Å². The average Bonchev–Trinajstić information content (AvgIpc) is 2.27. The predicted octanol–water partition coefficient (Wildman–Crippen LogP) is 2.04. The number of hydrogen-bond acceptors (Lipinski definition) is 1. The van der Waals surface area contributed by atoms with Gasteiger partial charge in [-0.2, -0.15) is 0 Å². The summed E-state index contributed by atoms with van der Waals surface area (Å²) in [6.45, 7) is 0. The molecule has 1 atom stereocenters. The Balaban J connectivity index is 2.13. The Kier molecular flexibility index (Phi) is 1.44. The van der Waals surface area contributed by atoms with Crippen molar-refractivity contribution in [1.82, 2.24) is 0 Å². The van der Waals surface area contributed by atoms with Gasteiger partial charge < -0.3 is 5.11 Å². The van der Waals surface area contributed by atoms with Gasteiger partial charge in [-0.1, -0.05) is 12.8 Å². The van der Waals surface area contributed by atoms with Gasteiger partial charge >= 0.3 is 5.97 Å². The lowest BCUT2D eigenvalue weighted by Gasteiger charge is -2.41. The summed E-state index contributed by atoms with van der Waals surface area (Å²) in [5, 5.41) is 8.91. The van der Waals surface area contributed by atoms with Crippen molar-refractivity contribution in [2.24, 2.45) is 11.3 Å². The molecule has 11 heavy (non-hydrogen) atoms. The SMILES string of the molecule is O=C(O)C1CCCC12CCC2. The maximum Gasteiger partial charge on any atom is 0.307 e. The van der Waals surface area contributed by atoms with E-state index in [0.717, 1.165) is 12.8 Å². The normalized spacial score (nSPS) is 33.6. The van der Waals surface area contributed by atoms with Crippen LogP contribution in [0.2, 0.25) is 0 Å². The molecule has 0 aromatic heterocycles. The molecule has 0 aromatic rings. The molecule has 1 N–H and O–H groups in total. The fourth-order valence-corrected chi connectivity index (χ4v) is 2.75. The van der Waals surface area contributed by atoms with E-state index in [-0.39, 0.29) is 11.3 Å². The smallest absolute Gasteiger partial charge is 0.307 e. The highest BCUT2D eigenvalue weighted by atomic mass is 16.4. The molecule has 0 bridgehead atoms. The Morgan fingerprint density at radius 1 is 1.27 bits per heavy atom. The van der Waals surface area contributed by atoms with Gasteiger partial charge in [0, 0.05) is 0 Å². The van der Waals surface area contributed by atoms with E-state index in [1.54, 1.807) is 0 Å². The molecule has 0 aliphatic heterocycles. The van der Waals surface area contributed by atoms with Gasteiger partial charge in [0.05, 0.1) is 5.92 Å². The van der Waals surface area contributed by atoms with Crippen LogP contribution in [-0.2, 0) is 4.79 Å². The van der Waals surface area contributed by atoms with Crippen molar-refractivity contribution in [2.75, 3.05) is 0 Å². The summed E-state index contributed by atoms with van der Waals surface area (Å²) in [6.07, 6.45) is 6.83. The van der Waals surface area contributed by atoms with Crippen molar-refractivity contribution < 1.29 is 9.90 Å². The van der Waals surface area contributed by atoms with E-state index in [0.29, 0.717) is 0 Å². The third-order valence-electron chi connectivity index (χ3n) is 3.55. The minimum atomic E-state index is -0.554. The van der Waals surface area contributed by atoms with Crippen LogP contribution in [0.25, 0.3) is 0 Å². The van der Waals surface area contributed by atoms with E-state index >= 15 is 0 Å². The van der Waals surface area contributed by atoms with E-state index in [4.69, 9.17) is 5.11 Å². The lowest BCUT2D eigenvalue weighted by Crippen LogP contribution is -2.37. The Bertz CT molecular complexity index is 182. The zero-order valence-electron chi connectivity index (χ0n) is 6.68. The first-order chi connectivity index (χ1) is 5.25. The fraction of sp³-hybridized carbons (Fsp3) is 0.889. The average molecular weight is 154 g/mol. The molecule has 2 heteroatoms. The Morgan fingerprint density at radius 2 is 1.91 bits per heavy atom. The molecule has 2 nitrogen and oxygen atoms in total. The molecule has 62 valence electrons. The first kappa shape index (κ1) is 7.14. The van der Waals surface area contributed by atoms with Crippen LogP contribution in [0.5, 0.6) is 0 Å². The summed E-state index contributed by atoms with van der Waals surface area (Å²) < 4.78 is 0. The van der Waals surface area contributed by atoms with E-state index in [2.05, 4.69) is 0 Å². The molecule has 0 saturated heterocycles. The van der Waals surface area contributed by atoms with Crippen LogP contribution in [0.4, 0.5) is 0 Å². The van der Waals surface area contributed by atoms with Gasteiger partial charge in [-0.25, -0.2) is 0 Å². The van der Waals surface area contributed by atoms with Gasteiger partial charge in [-0.05, 0) is 31.1 Å². The van der Waals surface area contributed by atoms with Gasteiger partial charge in [0.15, 0.2) is 0 Å². The highest BCUT2D eigenvalue weighted by Crippen LogP contribution is 2.56. The van der Waals surface area contributed by atoms with Crippen LogP contribution in [0.1, 0.15) is 38.5 Å². The Hall–Kier alpha value is -0.530. The van der Waals surface area contributed by atoms with Crippen LogP contribution in [-0.4, -0.2) is 11.1 Å². The number of hydrogen-bond donors (Lipinski definition) is 1. The Labute approximate surface area is 66.6 Å². The number of aliphatic carboxylic acids is 1. The van der Waals surface area contributed by atoms with Gasteiger partial charge in [0.1, 0.15) is 0 Å². The van der Waals surface area contributed by atoms with Crippen LogP contribution in [0.15, 0.2) is 0 Å². The largest absolute Gasteiger partial charge is 0.481 e. The fourth-order valence-electron chi connectivity index (χ4n) is 2.75. The van der Waals surface area contributed by atoms with E-state index in [1.807, 2.05) is 0 Å². The predicted molar refractivity (Wildman–Crippen MR) is 41.3 cm³/mol. The molecule has 1 unspecified atom stereocenters. The summed E-state index contributed by atoms with van der Waals surface area (Å²) in [6, 6.07) is 0. The summed E-state index contributed by atoms with van der Waals surface area (Å²) in [4.78, 5) is 10.8. The van der Waals surface area contributed by atoms with Crippen LogP contribution >= 0.6 is 0 Å². The molecule has 2 aliphatic rings. The molecule has 2 rings (SSSR count). The summed E-state index contributed by atoms with van der Waals surface area (Å²) in [5.41, 5.74) is 0.256. The van der Waals surface area contributed by atoms with Gasteiger partial charge in [-0.3, -0.25) is 4.79 Å². The second kappa shape index (κ2) is 2.23. The molecule has 2 saturated carbocycles. The number of carboxylic acid groups (broad SMARTS) is 1. The highest BCUT2D eigenvalue weighted by Gasteiger charge is 2.50. The molecule has 0 aromatic carbocycles. The summed E-state index contributed by atoms with van der Waals surface area (Å²) in [7, 11) is 0. The minimum Gasteiger partial charge on any atom is -0.481 e. The lowest BCUT2D eigenvalue weighted by molar-refractivity contribution is -0.147. The molecule has 0 radical (unpaired) electrons. The minimum absolute atomic E-state index is 0.00347. The topological polar surface area (TPSA) is 37.3 Å². The summed E-state index contributed by atoms with van der Waals surface area (Å²) in [5.74, 6) is -0.557. The maximum atomic E-state index is 10.8. The van der Waals surface area contributed by atoms with Crippen molar-refractivity contribution in [3.05, 3.63) is 0 Å². The highest BCUT2D eigenvalue weighted by molar-refractivity contribution is 5.71. The number of carbonyl (C=O) groups is 1. The van der Waals surface area contributed by atoms with Crippen molar-refractivity contribution in [1.29, 1.82) is 0 Å². The van der Waals surface area contributed by atoms with E-state index < -0.39 is 5.97 Å². The number of rotatable bonds is 1. The van der Waals surface area contributed by atoms with Gasteiger partial charge in [-0.15, -0.1) is 0 Å². The monoisotopic (exact) mass is 154 g/mol. The van der Waals surface area contributed by atoms with E-state index in [9.17, 15) is 4.79 Å². The molecule has 0 heterocycles. The number of carboxylic acids is 1. The molecule has 2 fully saturated rings. The standard InChI is InChI=1S/C9H14O2/c10-8(11)7-3-1-4-9(7)5-2-6-9/h7H,1-6H2,(H,10,11). The molecular weight excluding hydrogens is 140 g/mol. The summed E-state index contributed by atoms with van der Waals surface area (Å²) >= 11 is 0. The lowest BCUT2D eigenvalue weighted by atomic mass is 9.62. The molecule has 1 spiro atoms. The third kappa shape index (κ3) is 0.883. The first-order valence-corrected chi connectivity index (χ1v) is 4.47. The molecule has 0 amide bonds.